The molecule has 1 heterocycles. The lowest BCUT2D eigenvalue weighted by Gasteiger charge is -2.23. The summed E-state index contributed by atoms with van der Waals surface area (Å²) in [4.78, 5) is 25.4. The van der Waals surface area contributed by atoms with Crippen molar-refractivity contribution in [3.8, 4) is 0 Å². The fourth-order valence-electron chi connectivity index (χ4n) is 4.15. The Morgan fingerprint density at radius 3 is 2.43 bits per heavy atom. The lowest BCUT2D eigenvalue weighted by atomic mass is 9.91. The van der Waals surface area contributed by atoms with Crippen LogP contribution in [0.4, 0.5) is 11.4 Å². The quantitative estimate of drug-likeness (QED) is 0.727. The van der Waals surface area contributed by atoms with Gasteiger partial charge in [-0.1, -0.05) is 24.3 Å². The molecule has 6 heteroatoms. The summed E-state index contributed by atoms with van der Waals surface area (Å²) in [6.45, 7) is 3.87. The number of carbonyl (C=O) groups excluding carboxylic acids is 2. The van der Waals surface area contributed by atoms with Crippen LogP contribution in [0.1, 0.15) is 35.2 Å². The van der Waals surface area contributed by atoms with Gasteiger partial charge in [-0.25, -0.2) is 0 Å². The van der Waals surface area contributed by atoms with E-state index in [1.165, 1.54) is 0 Å². The Bertz CT molecular complexity index is 863. The number of para-hydroxylation sites is 1. The Morgan fingerprint density at radius 2 is 1.71 bits per heavy atom. The van der Waals surface area contributed by atoms with Crippen LogP contribution in [0.2, 0.25) is 0 Å². The molecule has 28 heavy (non-hydrogen) atoms. The first-order chi connectivity index (χ1) is 13.1. The Balaban J connectivity index is 0.00000225. The maximum absolute atomic E-state index is 12.7. The van der Waals surface area contributed by atoms with Gasteiger partial charge >= 0.3 is 0 Å². The third kappa shape index (κ3) is 4.05. The molecule has 3 N–H and O–H groups in total. The highest BCUT2D eigenvalue weighted by Crippen LogP contribution is 2.58. The SMILES string of the molecule is Cc1c(NC(=O)C2CC23CCNCC3)cccc1C(=O)Nc1ccccc1.Cl. The largest absolute Gasteiger partial charge is 0.326 e. The Kier molecular flexibility index (Phi) is 6.06. The molecule has 5 nitrogen and oxygen atoms in total. The standard InChI is InChI=1S/C22H25N3O2.ClH/c1-15-17(20(26)24-16-6-3-2-4-7-16)8-5-9-19(15)25-21(27)18-14-22(18)10-12-23-13-11-22;/h2-9,18,23H,10-14H2,1H3,(H,24,26)(H,25,27);1H. The maximum Gasteiger partial charge on any atom is 0.256 e. The average molecular weight is 400 g/mol. The van der Waals surface area contributed by atoms with Gasteiger partial charge in [0.1, 0.15) is 0 Å². The van der Waals surface area contributed by atoms with Crippen molar-refractivity contribution in [1.82, 2.24) is 5.32 Å². The summed E-state index contributed by atoms with van der Waals surface area (Å²) in [7, 11) is 0. The van der Waals surface area contributed by atoms with Crippen molar-refractivity contribution in [2.24, 2.45) is 11.3 Å². The van der Waals surface area contributed by atoms with Crippen LogP contribution < -0.4 is 16.0 Å². The molecule has 148 valence electrons. The molecule has 1 aliphatic carbocycles. The zero-order valence-corrected chi connectivity index (χ0v) is 16.8. The summed E-state index contributed by atoms with van der Waals surface area (Å²) in [5.41, 5.74) is 3.04. The van der Waals surface area contributed by atoms with Gasteiger partial charge in [-0.2, -0.15) is 0 Å². The molecule has 0 bridgehead atoms. The molecule has 1 saturated carbocycles. The second-order valence-electron chi connectivity index (χ2n) is 7.66. The first-order valence-corrected chi connectivity index (χ1v) is 9.57. The van der Waals surface area contributed by atoms with E-state index in [9.17, 15) is 9.59 Å². The summed E-state index contributed by atoms with van der Waals surface area (Å²) >= 11 is 0. The zero-order valence-electron chi connectivity index (χ0n) is 16.0. The number of rotatable bonds is 4. The molecule has 1 unspecified atom stereocenters. The summed E-state index contributed by atoms with van der Waals surface area (Å²) in [5, 5.41) is 9.33. The highest BCUT2D eigenvalue weighted by molar-refractivity contribution is 6.07. The molecule has 1 aliphatic heterocycles. The van der Waals surface area contributed by atoms with Crippen LogP contribution in [0.5, 0.6) is 0 Å². The van der Waals surface area contributed by atoms with Crippen LogP contribution in [-0.4, -0.2) is 24.9 Å². The van der Waals surface area contributed by atoms with E-state index in [0.717, 1.165) is 49.3 Å². The number of anilines is 2. The number of piperidine rings is 1. The zero-order chi connectivity index (χ0) is 18.9. The van der Waals surface area contributed by atoms with Crippen molar-refractivity contribution >= 4 is 35.6 Å². The van der Waals surface area contributed by atoms with E-state index in [4.69, 9.17) is 0 Å². The third-order valence-electron chi connectivity index (χ3n) is 5.97. The minimum Gasteiger partial charge on any atom is -0.326 e. The molecule has 0 radical (unpaired) electrons. The van der Waals surface area contributed by atoms with Gasteiger partial charge in [-0.05, 0) is 74.5 Å². The van der Waals surface area contributed by atoms with E-state index in [1.54, 1.807) is 6.07 Å². The summed E-state index contributed by atoms with van der Waals surface area (Å²) in [6.07, 6.45) is 3.13. The Morgan fingerprint density at radius 1 is 1.00 bits per heavy atom. The summed E-state index contributed by atoms with van der Waals surface area (Å²) < 4.78 is 0. The highest BCUT2D eigenvalue weighted by Gasteiger charge is 2.57. The number of carbonyl (C=O) groups is 2. The molecule has 2 fully saturated rings. The van der Waals surface area contributed by atoms with E-state index in [2.05, 4.69) is 16.0 Å². The van der Waals surface area contributed by atoms with Crippen LogP contribution in [-0.2, 0) is 4.79 Å². The predicted molar refractivity (Wildman–Crippen MR) is 114 cm³/mol. The van der Waals surface area contributed by atoms with E-state index in [1.807, 2.05) is 49.4 Å². The van der Waals surface area contributed by atoms with Crippen LogP contribution in [0.15, 0.2) is 48.5 Å². The Labute approximate surface area is 171 Å². The number of amides is 2. The second-order valence-corrected chi connectivity index (χ2v) is 7.66. The summed E-state index contributed by atoms with van der Waals surface area (Å²) in [5.74, 6) is 0.0115. The fourth-order valence-corrected chi connectivity index (χ4v) is 4.15. The molecule has 2 aromatic carbocycles. The smallest absolute Gasteiger partial charge is 0.256 e. The van der Waals surface area contributed by atoms with Gasteiger partial charge in [0.05, 0.1) is 0 Å². The predicted octanol–water partition coefficient (Wildman–Crippen LogP) is 4.00. The lowest BCUT2D eigenvalue weighted by molar-refractivity contribution is -0.118. The molecule has 4 rings (SSSR count). The molecule has 2 aliphatic rings. The normalized spacial score (nSPS) is 19.4. The molecular formula is C22H26ClN3O2. The topological polar surface area (TPSA) is 70.2 Å². The van der Waals surface area contributed by atoms with Crippen molar-refractivity contribution in [1.29, 1.82) is 0 Å². The molecule has 1 saturated heterocycles. The van der Waals surface area contributed by atoms with Gasteiger partial charge in [-0.15, -0.1) is 12.4 Å². The number of benzene rings is 2. The van der Waals surface area contributed by atoms with Crippen LogP contribution in [0.25, 0.3) is 0 Å². The number of halogens is 1. The average Bonchev–Trinajstić information content (AvgIpc) is 3.37. The van der Waals surface area contributed by atoms with E-state index in [-0.39, 0.29) is 35.6 Å². The maximum atomic E-state index is 12.7. The molecule has 2 amide bonds. The van der Waals surface area contributed by atoms with E-state index < -0.39 is 0 Å². The first-order valence-electron chi connectivity index (χ1n) is 9.57. The van der Waals surface area contributed by atoms with Crippen molar-refractivity contribution < 1.29 is 9.59 Å². The van der Waals surface area contributed by atoms with Gasteiger partial charge in [0.25, 0.3) is 5.91 Å². The summed E-state index contributed by atoms with van der Waals surface area (Å²) in [6, 6.07) is 14.8. The molecule has 1 atom stereocenters. The van der Waals surface area contributed by atoms with Gasteiger partial charge in [0, 0.05) is 22.9 Å². The van der Waals surface area contributed by atoms with Gasteiger partial charge in [-0.3, -0.25) is 9.59 Å². The van der Waals surface area contributed by atoms with Crippen molar-refractivity contribution in [2.45, 2.75) is 26.2 Å². The van der Waals surface area contributed by atoms with Crippen LogP contribution in [0, 0.1) is 18.3 Å². The molecule has 0 aromatic heterocycles. The first kappa shape index (κ1) is 20.4. The minimum atomic E-state index is -0.170. The van der Waals surface area contributed by atoms with Crippen LogP contribution >= 0.6 is 12.4 Å². The van der Waals surface area contributed by atoms with Gasteiger partial charge in [0.2, 0.25) is 5.91 Å². The molecular weight excluding hydrogens is 374 g/mol. The minimum absolute atomic E-state index is 0. The van der Waals surface area contributed by atoms with Crippen molar-refractivity contribution in [2.75, 3.05) is 23.7 Å². The van der Waals surface area contributed by atoms with Gasteiger partial charge in [0.15, 0.2) is 0 Å². The van der Waals surface area contributed by atoms with Crippen LogP contribution in [0.3, 0.4) is 0 Å². The van der Waals surface area contributed by atoms with E-state index >= 15 is 0 Å². The number of nitrogens with one attached hydrogen (secondary N) is 3. The van der Waals surface area contributed by atoms with E-state index in [0.29, 0.717) is 5.56 Å². The fraction of sp³-hybridized carbons (Fsp3) is 0.364. The monoisotopic (exact) mass is 399 g/mol. The lowest BCUT2D eigenvalue weighted by Crippen LogP contribution is -2.31. The molecule has 1 spiro atoms. The second kappa shape index (κ2) is 8.33. The number of hydrogen-bond acceptors (Lipinski definition) is 3. The Hall–Kier alpha value is -2.37. The van der Waals surface area contributed by atoms with Crippen molar-refractivity contribution in [3.05, 3.63) is 59.7 Å². The molecule has 2 aromatic rings. The third-order valence-corrected chi connectivity index (χ3v) is 5.97. The van der Waals surface area contributed by atoms with Crippen molar-refractivity contribution in [3.63, 3.8) is 0 Å². The van der Waals surface area contributed by atoms with Gasteiger partial charge < -0.3 is 16.0 Å². The number of hydrogen-bond donors (Lipinski definition) is 3. The highest BCUT2D eigenvalue weighted by atomic mass is 35.5.